The molecule has 0 saturated carbocycles. The summed E-state index contributed by atoms with van der Waals surface area (Å²) in [5.74, 6) is 0.528. The fourth-order valence-electron chi connectivity index (χ4n) is 2.04. The minimum absolute atomic E-state index is 0.0667. The zero-order chi connectivity index (χ0) is 19.6. The summed E-state index contributed by atoms with van der Waals surface area (Å²) in [5.41, 5.74) is 0.123. The number of nitro groups is 1. The van der Waals surface area contributed by atoms with Crippen molar-refractivity contribution in [2.45, 2.75) is 39.3 Å². The van der Waals surface area contributed by atoms with Crippen LogP contribution >= 0.6 is 0 Å². The largest absolute Gasteiger partial charge is 0.444 e. The Morgan fingerprint density at radius 3 is 2.46 bits per heavy atom. The Morgan fingerprint density at radius 2 is 1.85 bits per heavy atom. The quantitative estimate of drug-likeness (QED) is 0.224. The van der Waals surface area contributed by atoms with Gasteiger partial charge < -0.3 is 20.7 Å². The smallest absolute Gasteiger partial charge is 0.407 e. The van der Waals surface area contributed by atoms with Crippen molar-refractivity contribution in [2.24, 2.45) is 4.99 Å². The van der Waals surface area contributed by atoms with Gasteiger partial charge in [0.05, 0.1) is 4.92 Å². The summed E-state index contributed by atoms with van der Waals surface area (Å²) in [6, 6.07) is 6.55. The fourth-order valence-corrected chi connectivity index (χ4v) is 2.04. The van der Waals surface area contributed by atoms with E-state index >= 15 is 0 Å². The summed E-state index contributed by atoms with van der Waals surface area (Å²) >= 11 is 0. The van der Waals surface area contributed by atoms with E-state index in [4.69, 9.17) is 4.74 Å². The SMILES string of the molecule is CN=C(NCCCNC(=O)OC(C)(C)C)NCc1ccccc1[N+](=O)[O-]. The monoisotopic (exact) mass is 365 g/mol. The van der Waals surface area contributed by atoms with Crippen molar-refractivity contribution in [1.29, 1.82) is 0 Å². The van der Waals surface area contributed by atoms with Gasteiger partial charge in [0.15, 0.2) is 5.96 Å². The summed E-state index contributed by atoms with van der Waals surface area (Å²) in [5, 5.41) is 19.8. The molecular weight excluding hydrogens is 338 g/mol. The number of nitrogens with one attached hydrogen (secondary N) is 3. The molecule has 26 heavy (non-hydrogen) atoms. The molecule has 0 heterocycles. The zero-order valence-electron chi connectivity index (χ0n) is 15.7. The molecule has 3 N–H and O–H groups in total. The van der Waals surface area contributed by atoms with E-state index in [0.717, 1.165) is 0 Å². The Labute approximate surface area is 153 Å². The number of amides is 1. The highest BCUT2D eigenvalue weighted by Crippen LogP contribution is 2.16. The summed E-state index contributed by atoms with van der Waals surface area (Å²) in [6.45, 7) is 6.74. The van der Waals surface area contributed by atoms with Gasteiger partial charge in [0.1, 0.15) is 5.60 Å². The van der Waals surface area contributed by atoms with Crippen LogP contribution in [0, 0.1) is 10.1 Å². The van der Waals surface area contributed by atoms with Crippen molar-refractivity contribution >= 4 is 17.7 Å². The average molecular weight is 365 g/mol. The predicted molar refractivity (Wildman–Crippen MR) is 100 cm³/mol. The maximum absolute atomic E-state index is 11.5. The summed E-state index contributed by atoms with van der Waals surface area (Å²) in [4.78, 5) is 26.2. The topological polar surface area (TPSA) is 118 Å². The molecule has 0 bridgehead atoms. The van der Waals surface area contributed by atoms with Gasteiger partial charge in [-0.05, 0) is 27.2 Å². The zero-order valence-corrected chi connectivity index (χ0v) is 15.7. The van der Waals surface area contributed by atoms with Crippen molar-refractivity contribution in [2.75, 3.05) is 20.1 Å². The van der Waals surface area contributed by atoms with Gasteiger partial charge in [-0.25, -0.2) is 4.79 Å². The average Bonchev–Trinajstić information content (AvgIpc) is 2.55. The molecule has 1 aromatic rings. The van der Waals surface area contributed by atoms with Gasteiger partial charge in [0.2, 0.25) is 0 Å². The maximum atomic E-state index is 11.5. The van der Waals surface area contributed by atoms with E-state index in [9.17, 15) is 14.9 Å². The normalized spacial score (nSPS) is 11.6. The van der Waals surface area contributed by atoms with Crippen LogP contribution in [-0.4, -0.2) is 42.7 Å². The van der Waals surface area contributed by atoms with Crippen LogP contribution in [0.15, 0.2) is 29.3 Å². The number of ether oxygens (including phenoxy) is 1. The molecule has 0 saturated heterocycles. The minimum Gasteiger partial charge on any atom is -0.444 e. The molecule has 9 nitrogen and oxygen atoms in total. The second kappa shape index (κ2) is 10.2. The van der Waals surface area contributed by atoms with Crippen molar-refractivity contribution in [3.63, 3.8) is 0 Å². The summed E-state index contributed by atoms with van der Waals surface area (Å²) in [7, 11) is 1.62. The van der Waals surface area contributed by atoms with Gasteiger partial charge in [-0.3, -0.25) is 15.1 Å². The molecule has 0 spiro atoms. The fraction of sp³-hybridized carbons (Fsp3) is 0.529. The Hall–Kier alpha value is -2.84. The highest BCUT2D eigenvalue weighted by atomic mass is 16.6. The van der Waals surface area contributed by atoms with E-state index in [1.54, 1.807) is 46.0 Å². The standard InChI is InChI=1S/C17H27N5O4/c1-17(2,3)26-16(23)20-11-7-10-19-15(18-4)21-12-13-8-5-6-9-14(13)22(24)25/h5-6,8-9H,7,10-12H2,1-4H3,(H,20,23)(H2,18,19,21). The highest BCUT2D eigenvalue weighted by Gasteiger charge is 2.15. The van der Waals surface area contributed by atoms with Crippen LogP contribution in [0.5, 0.6) is 0 Å². The van der Waals surface area contributed by atoms with Crippen LogP contribution in [0.25, 0.3) is 0 Å². The first-order valence-electron chi connectivity index (χ1n) is 8.36. The highest BCUT2D eigenvalue weighted by molar-refractivity contribution is 5.79. The van der Waals surface area contributed by atoms with Crippen molar-refractivity contribution < 1.29 is 14.5 Å². The third-order valence-corrected chi connectivity index (χ3v) is 3.17. The number of guanidine groups is 1. The molecular formula is C17H27N5O4. The number of rotatable bonds is 7. The number of hydrogen-bond donors (Lipinski definition) is 3. The lowest BCUT2D eigenvalue weighted by molar-refractivity contribution is -0.385. The van der Waals surface area contributed by atoms with E-state index in [1.165, 1.54) is 6.07 Å². The predicted octanol–water partition coefficient (Wildman–Crippen LogP) is 2.17. The van der Waals surface area contributed by atoms with Crippen LogP contribution in [0.1, 0.15) is 32.8 Å². The minimum atomic E-state index is -0.520. The van der Waals surface area contributed by atoms with E-state index in [2.05, 4.69) is 20.9 Å². The van der Waals surface area contributed by atoms with Gasteiger partial charge in [-0.1, -0.05) is 18.2 Å². The molecule has 1 rings (SSSR count). The lowest BCUT2D eigenvalue weighted by Crippen LogP contribution is -2.39. The Balaban J connectivity index is 2.32. The van der Waals surface area contributed by atoms with Gasteiger partial charge in [0, 0.05) is 38.3 Å². The second-order valence-corrected chi connectivity index (χ2v) is 6.52. The van der Waals surface area contributed by atoms with Crippen LogP contribution in [-0.2, 0) is 11.3 Å². The van der Waals surface area contributed by atoms with Gasteiger partial charge in [0.25, 0.3) is 5.69 Å². The van der Waals surface area contributed by atoms with Gasteiger partial charge >= 0.3 is 6.09 Å². The second-order valence-electron chi connectivity index (χ2n) is 6.52. The Bertz CT molecular complexity index is 640. The number of nitro benzene ring substituents is 1. The molecule has 1 aromatic carbocycles. The number of carbonyl (C=O) groups excluding carboxylic acids is 1. The molecule has 0 unspecified atom stereocenters. The molecule has 144 valence electrons. The molecule has 0 aliphatic carbocycles. The van der Waals surface area contributed by atoms with E-state index in [1.807, 2.05) is 0 Å². The third-order valence-electron chi connectivity index (χ3n) is 3.17. The number of alkyl carbamates (subject to hydrolysis) is 1. The molecule has 9 heteroatoms. The first kappa shape index (κ1) is 21.2. The molecule has 0 atom stereocenters. The lowest BCUT2D eigenvalue weighted by Gasteiger charge is -2.19. The van der Waals surface area contributed by atoms with Crippen molar-refractivity contribution in [3.05, 3.63) is 39.9 Å². The summed E-state index contributed by atoms with van der Waals surface area (Å²) in [6.07, 6.45) is 0.224. The number of aliphatic imine (C=N–C) groups is 1. The number of hydrogen-bond acceptors (Lipinski definition) is 5. The Morgan fingerprint density at radius 1 is 1.19 bits per heavy atom. The molecule has 0 aliphatic rings. The molecule has 0 fully saturated rings. The van der Waals surface area contributed by atoms with Crippen molar-refractivity contribution in [3.8, 4) is 0 Å². The van der Waals surface area contributed by atoms with E-state index < -0.39 is 16.6 Å². The van der Waals surface area contributed by atoms with Crippen LogP contribution < -0.4 is 16.0 Å². The first-order valence-corrected chi connectivity index (χ1v) is 8.36. The maximum Gasteiger partial charge on any atom is 0.407 e. The van der Waals surface area contributed by atoms with Crippen LogP contribution in [0.3, 0.4) is 0 Å². The summed E-state index contributed by atoms with van der Waals surface area (Å²) < 4.78 is 5.14. The Kier molecular flexibility index (Phi) is 8.33. The van der Waals surface area contributed by atoms with E-state index in [0.29, 0.717) is 31.0 Å². The first-order chi connectivity index (χ1) is 12.2. The molecule has 0 radical (unpaired) electrons. The number of benzene rings is 1. The van der Waals surface area contributed by atoms with E-state index in [-0.39, 0.29) is 12.2 Å². The molecule has 0 aliphatic heterocycles. The lowest BCUT2D eigenvalue weighted by atomic mass is 10.2. The number of carbonyl (C=O) groups is 1. The van der Waals surface area contributed by atoms with Gasteiger partial charge in [-0.2, -0.15) is 0 Å². The molecule has 1 amide bonds. The molecule has 0 aromatic heterocycles. The number of nitrogens with zero attached hydrogens (tertiary/aromatic N) is 2. The number of para-hydroxylation sites is 1. The van der Waals surface area contributed by atoms with Crippen molar-refractivity contribution in [1.82, 2.24) is 16.0 Å². The van der Waals surface area contributed by atoms with Crippen LogP contribution in [0.4, 0.5) is 10.5 Å². The third kappa shape index (κ3) is 8.32. The van der Waals surface area contributed by atoms with Gasteiger partial charge in [-0.15, -0.1) is 0 Å². The van der Waals surface area contributed by atoms with Crippen LogP contribution in [0.2, 0.25) is 0 Å².